The SMILES string of the molecule is Cc1cccc(NCCN(C)CCC(C)C)c1. The summed E-state index contributed by atoms with van der Waals surface area (Å²) in [4.78, 5) is 2.39. The van der Waals surface area contributed by atoms with Crippen molar-refractivity contribution in [2.24, 2.45) is 5.92 Å². The molecule has 0 saturated heterocycles. The van der Waals surface area contributed by atoms with Crippen LogP contribution in [0, 0.1) is 12.8 Å². The van der Waals surface area contributed by atoms with E-state index < -0.39 is 0 Å². The fraction of sp³-hybridized carbons (Fsp3) is 0.600. The molecule has 1 N–H and O–H groups in total. The van der Waals surface area contributed by atoms with Crippen LogP contribution in [0.3, 0.4) is 0 Å². The Morgan fingerprint density at radius 3 is 2.65 bits per heavy atom. The van der Waals surface area contributed by atoms with Gasteiger partial charge in [0.25, 0.3) is 0 Å². The molecule has 0 heterocycles. The van der Waals surface area contributed by atoms with Gasteiger partial charge in [-0.2, -0.15) is 0 Å². The van der Waals surface area contributed by atoms with Gasteiger partial charge in [-0.05, 0) is 50.6 Å². The molecule has 0 fully saturated rings. The zero-order chi connectivity index (χ0) is 12.7. The maximum Gasteiger partial charge on any atom is 0.0343 e. The molecule has 17 heavy (non-hydrogen) atoms. The Kier molecular flexibility index (Phi) is 6.06. The average Bonchev–Trinajstić information content (AvgIpc) is 2.26. The maximum atomic E-state index is 3.46. The summed E-state index contributed by atoms with van der Waals surface area (Å²) in [6.45, 7) is 9.98. The third kappa shape index (κ3) is 6.32. The van der Waals surface area contributed by atoms with Crippen LogP contribution < -0.4 is 5.32 Å². The average molecular weight is 234 g/mol. The third-order valence-electron chi connectivity index (χ3n) is 2.93. The molecule has 1 aromatic carbocycles. The largest absolute Gasteiger partial charge is 0.384 e. The summed E-state index contributed by atoms with van der Waals surface area (Å²) in [5.41, 5.74) is 2.53. The smallest absolute Gasteiger partial charge is 0.0343 e. The number of anilines is 1. The summed E-state index contributed by atoms with van der Waals surface area (Å²) in [6, 6.07) is 8.54. The van der Waals surface area contributed by atoms with E-state index in [4.69, 9.17) is 0 Å². The van der Waals surface area contributed by atoms with Crippen LogP contribution in [0.2, 0.25) is 0 Å². The molecule has 0 spiro atoms. The van der Waals surface area contributed by atoms with Crippen molar-refractivity contribution in [1.29, 1.82) is 0 Å². The van der Waals surface area contributed by atoms with Crippen LogP contribution in [0.25, 0.3) is 0 Å². The molecule has 0 radical (unpaired) electrons. The van der Waals surface area contributed by atoms with Crippen molar-refractivity contribution in [3.05, 3.63) is 29.8 Å². The van der Waals surface area contributed by atoms with Gasteiger partial charge in [-0.15, -0.1) is 0 Å². The lowest BCUT2D eigenvalue weighted by Crippen LogP contribution is -2.26. The molecule has 2 heteroatoms. The molecule has 1 rings (SSSR count). The summed E-state index contributed by atoms with van der Waals surface area (Å²) in [5, 5.41) is 3.46. The van der Waals surface area contributed by atoms with Crippen LogP contribution in [0.5, 0.6) is 0 Å². The second-order valence-electron chi connectivity index (χ2n) is 5.28. The standard InChI is InChI=1S/C15H26N2/c1-13(2)8-10-17(4)11-9-16-15-7-5-6-14(3)12-15/h5-7,12-13,16H,8-11H2,1-4H3. The Morgan fingerprint density at radius 1 is 1.24 bits per heavy atom. The Hall–Kier alpha value is -1.02. The first-order valence-corrected chi connectivity index (χ1v) is 6.57. The van der Waals surface area contributed by atoms with Crippen molar-refractivity contribution >= 4 is 5.69 Å². The van der Waals surface area contributed by atoms with E-state index in [1.807, 2.05) is 0 Å². The predicted molar refractivity (Wildman–Crippen MR) is 76.6 cm³/mol. The summed E-state index contributed by atoms with van der Waals surface area (Å²) in [5.74, 6) is 0.794. The summed E-state index contributed by atoms with van der Waals surface area (Å²) < 4.78 is 0. The highest BCUT2D eigenvalue weighted by atomic mass is 15.1. The van der Waals surface area contributed by atoms with Crippen molar-refractivity contribution in [2.75, 3.05) is 32.0 Å². The Morgan fingerprint density at radius 2 is 2.00 bits per heavy atom. The van der Waals surface area contributed by atoms with E-state index in [0.29, 0.717) is 0 Å². The van der Waals surface area contributed by atoms with Crippen molar-refractivity contribution in [1.82, 2.24) is 4.90 Å². The van der Waals surface area contributed by atoms with Gasteiger partial charge < -0.3 is 10.2 Å². The lowest BCUT2D eigenvalue weighted by molar-refractivity contribution is 0.321. The number of aryl methyl sites for hydroxylation is 1. The summed E-state index contributed by atoms with van der Waals surface area (Å²) in [6.07, 6.45) is 1.28. The minimum atomic E-state index is 0.794. The summed E-state index contributed by atoms with van der Waals surface area (Å²) >= 11 is 0. The number of hydrogen-bond acceptors (Lipinski definition) is 2. The van der Waals surface area contributed by atoms with E-state index in [1.54, 1.807) is 0 Å². The minimum absolute atomic E-state index is 0.794. The number of likely N-dealkylation sites (N-methyl/N-ethyl adjacent to an activating group) is 1. The molecule has 0 bridgehead atoms. The van der Waals surface area contributed by atoms with E-state index in [2.05, 4.69) is 62.3 Å². The Bertz CT molecular complexity index is 320. The topological polar surface area (TPSA) is 15.3 Å². The highest BCUT2D eigenvalue weighted by molar-refractivity contribution is 5.45. The molecular formula is C15H26N2. The molecule has 0 aliphatic carbocycles. The van der Waals surface area contributed by atoms with Crippen molar-refractivity contribution < 1.29 is 0 Å². The Labute approximate surface area is 106 Å². The molecule has 0 amide bonds. The first kappa shape index (κ1) is 14.0. The zero-order valence-corrected chi connectivity index (χ0v) is 11.7. The van der Waals surface area contributed by atoms with Crippen LogP contribution in [-0.4, -0.2) is 31.6 Å². The van der Waals surface area contributed by atoms with E-state index in [0.717, 1.165) is 19.0 Å². The van der Waals surface area contributed by atoms with E-state index in [1.165, 1.54) is 24.2 Å². The van der Waals surface area contributed by atoms with Gasteiger partial charge >= 0.3 is 0 Å². The fourth-order valence-electron chi connectivity index (χ4n) is 1.74. The van der Waals surface area contributed by atoms with Crippen LogP contribution in [0.1, 0.15) is 25.8 Å². The second kappa shape index (κ2) is 7.33. The first-order valence-electron chi connectivity index (χ1n) is 6.57. The van der Waals surface area contributed by atoms with Crippen LogP contribution in [-0.2, 0) is 0 Å². The molecule has 0 unspecified atom stereocenters. The normalized spacial score (nSPS) is 11.2. The van der Waals surface area contributed by atoms with Crippen LogP contribution in [0.4, 0.5) is 5.69 Å². The predicted octanol–water partition coefficient (Wildman–Crippen LogP) is 3.38. The quantitative estimate of drug-likeness (QED) is 0.778. The van der Waals surface area contributed by atoms with E-state index in [-0.39, 0.29) is 0 Å². The van der Waals surface area contributed by atoms with Crippen molar-refractivity contribution in [2.45, 2.75) is 27.2 Å². The fourth-order valence-corrected chi connectivity index (χ4v) is 1.74. The monoisotopic (exact) mass is 234 g/mol. The lowest BCUT2D eigenvalue weighted by Gasteiger charge is -2.18. The number of hydrogen-bond donors (Lipinski definition) is 1. The van der Waals surface area contributed by atoms with Crippen LogP contribution >= 0.6 is 0 Å². The lowest BCUT2D eigenvalue weighted by atomic mass is 10.1. The molecule has 0 aliphatic rings. The van der Waals surface area contributed by atoms with Gasteiger partial charge in [0.2, 0.25) is 0 Å². The van der Waals surface area contributed by atoms with Crippen LogP contribution in [0.15, 0.2) is 24.3 Å². The number of benzene rings is 1. The van der Waals surface area contributed by atoms with Crippen molar-refractivity contribution in [3.63, 3.8) is 0 Å². The van der Waals surface area contributed by atoms with Crippen molar-refractivity contribution in [3.8, 4) is 0 Å². The molecule has 0 saturated carbocycles. The number of nitrogens with zero attached hydrogens (tertiary/aromatic N) is 1. The zero-order valence-electron chi connectivity index (χ0n) is 11.7. The molecule has 0 aliphatic heterocycles. The van der Waals surface area contributed by atoms with Gasteiger partial charge in [-0.1, -0.05) is 26.0 Å². The van der Waals surface area contributed by atoms with E-state index >= 15 is 0 Å². The van der Waals surface area contributed by atoms with E-state index in [9.17, 15) is 0 Å². The minimum Gasteiger partial charge on any atom is -0.384 e. The number of nitrogens with one attached hydrogen (secondary N) is 1. The summed E-state index contributed by atoms with van der Waals surface area (Å²) in [7, 11) is 2.19. The third-order valence-corrected chi connectivity index (χ3v) is 2.93. The van der Waals surface area contributed by atoms with Gasteiger partial charge in [-0.3, -0.25) is 0 Å². The second-order valence-corrected chi connectivity index (χ2v) is 5.28. The molecular weight excluding hydrogens is 208 g/mol. The molecule has 96 valence electrons. The molecule has 2 nitrogen and oxygen atoms in total. The maximum absolute atomic E-state index is 3.46. The van der Waals surface area contributed by atoms with Gasteiger partial charge in [0.1, 0.15) is 0 Å². The Balaban J connectivity index is 2.19. The van der Waals surface area contributed by atoms with Gasteiger partial charge in [-0.25, -0.2) is 0 Å². The highest BCUT2D eigenvalue weighted by Gasteiger charge is 2.00. The number of rotatable bonds is 7. The molecule has 0 aromatic heterocycles. The van der Waals surface area contributed by atoms with Gasteiger partial charge in [0.05, 0.1) is 0 Å². The van der Waals surface area contributed by atoms with Gasteiger partial charge in [0.15, 0.2) is 0 Å². The molecule has 0 atom stereocenters. The van der Waals surface area contributed by atoms with Gasteiger partial charge in [0, 0.05) is 18.8 Å². The molecule has 1 aromatic rings. The first-order chi connectivity index (χ1) is 8.08. The highest BCUT2D eigenvalue weighted by Crippen LogP contribution is 2.08.